The van der Waals surface area contributed by atoms with Gasteiger partial charge in [0.15, 0.2) is 0 Å². The molecule has 0 rings (SSSR count). The molecule has 0 bridgehead atoms. The average Bonchev–Trinajstić information content (AvgIpc) is 1.79. The first-order valence-electron chi connectivity index (χ1n) is 4.38. The Morgan fingerprint density at radius 2 is 1.86 bits per heavy atom. The first-order chi connectivity index (χ1) is 6.06. The highest BCUT2D eigenvalue weighted by Crippen LogP contribution is 2.13. The van der Waals surface area contributed by atoms with Gasteiger partial charge in [0.25, 0.3) is 0 Å². The number of hydrogen-bond donors (Lipinski definition) is 1. The summed E-state index contributed by atoms with van der Waals surface area (Å²) >= 11 is 5.03. The van der Waals surface area contributed by atoms with Crippen LogP contribution in [0, 0.1) is 0 Å². The number of nitrogens with one attached hydrogen (secondary N) is 1. The summed E-state index contributed by atoms with van der Waals surface area (Å²) in [7, 11) is -3.39. The molecule has 0 aromatic heterocycles. The normalized spacial score (nSPS) is 17.8. The van der Waals surface area contributed by atoms with E-state index in [-0.39, 0.29) is 15.5 Å². The van der Waals surface area contributed by atoms with Crippen LogP contribution in [0.25, 0.3) is 0 Å². The van der Waals surface area contributed by atoms with E-state index in [1.807, 2.05) is 13.2 Å². The molecule has 14 heavy (non-hydrogen) atoms. The summed E-state index contributed by atoms with van der Waals surface area (Å²) in [5.41, 5.74) is 0. The number of hydrogen-bond acceptors (Lipinski definition) is 3. The molecule has 0 aliphatic rings. The van der Waals surface area contributed by atoms with Crippen LogP contribution in [0.5, 0.6) is 0 Å². The first-order valence-corrected chi connectivity index (χ1v) is 8.59. The van der Waals surface area contributed by atoms with Crippen LogP contribution in [0.4, 0.5) is 0 Å². The van der Waals surface area contributed by atoms with Gasteiger partial charge >= 0.3 is 0 Å². The van der Waals surface area contributed by atoms with Crippen molar-refractivity contribution >= 4 is 30.7 Å². The Hall–Kier alpha value is 0.480. The molecule has 0 radical (unpaired) electrons. The largest absolute Gasteiger partial charge is 0.216 e. The lowest BCUT2D eigenvalue weighted by Crippen LogP contribution is -2.45. The third-order valence-corrected chi connectivity index (χ3v) is 5.35. The van der Waals surface area contributed by atoms with Crippen LogP contribution in [0.3, 0.4) is 0 Å². The smallest absolute Gasteiger partial charge is 0.212 e. The fourth-order valence-corrected chi connectivity index (χ4v) is 3.30. The molecule has 2 atom stereocenters. The lowest BCUT2D eigenvalue weighted by molar-refractivity contribution is 0.535. The van der Waals surface area contributed by atoms with Gasteiger partial charge in [0.05, 0.1) is 4.75 Å². The molecule has 0 amide bonds. The van der Waals surface area contributed by atoms with Gasteiger partial charge in [0.2, 0.25) is 10.0 Å². The van der Waals surface area contributed by atoms with E-state index in [2.05, 4.69) is 4.72 Å². The second-order valence-electron chi connectivity index (χ2n) is 4.37. The van der Waals surface area contributed by atoms with E-state index in [0.717, 1.165) is 0 Å². The summed E-state index contributed by atoms with van der Waals surface area (Å²) < 4.78 is 25.3. The molecule has 0 aliphatic heterocycles. The molecule has 0 heterocycles. The van der Waals surface area contributed by atoms with Crippen LogP contribution in [0.15, 0.2) is 0 Å². The van der Waals surface area contributed by atoms with E-state index in [4.69, 9.17) is 11.2 Å². The second-order valence-corrected chi connectivity index (χ2v) is 10.0. The van der Waals surface area contributed by atoms with Gasteiger partial charge < -0.3 is 0 Å². The molecule has 86 valence electrons. The van der Waals surface area contributed by atoms with Crippen molar-refractivity contribution in [3.8, 4) is 0 Å². The fraction of sp³-hybridized carbons (Fsp3) is 1.00. The Balaban J connectivity index is 4.46. The number of sulfonamides is 1. The Morgan fingerprint density at radius 1 is 1.43 bits per heavy atom. The van der Waals surface area contributed by atoms with Crippen LogP contribution in [0.2, 0.25) is 0 Å². The second kappa shape index (κ2) is 5.01. The quantitative estimate of drug-likeness (QED) is 0.810. The van der Waals surface area contributed by atoms with E-state index < -0.39 is 14.8 Å². The molecule has 1 N–H and O–H groups in total. The van der Waals surface area contributed by atoms with Gasteiger partial charge in [-0.3, -0.25) is 0 Å². The lowest BCUT2D eigenvalue weighted by atomic mass is 10.3. The molecular weight excluding hydrogens is 238 g/mol. The van der Waals surface area contributed by atoms with Crippen molar-refractivity contribution in [2.24, 2.45) is 0 Å². The van der Waals surface area contributed by atoms with Gasteiger partial charge in [-0.05, 0) is 34.0 Å². The minimum Gasteiger partial charge on any atom is -0.212 e. The van der Waals surface area contributed by atoms with Crippen LogP contribution in [-0.4, -0.2) is 31.2 Å². The van der Waals surface area contributed by atoms with Crippen molar-refractivity contribution in [2.75, 3.05) is 12.0 Å². The van der Waals surface area contributed by atoms with E-state index in [1.165, 1.54) is 0 Å². The average molecular weight is 257 g/mol. The fourth-order valence-electron chi connectivity index (χ4n) is 0.828. The summed E-state index contributed by atoms with van der Waals surface area (Å²) in [5.74, 6) is 0.713. The topological polar surface area (TPSA) is 46.2 Å². The monoisotopic (exact) mass is 257 g/mol. The van der Waals surface area contributed by atoms with Crippen molar-refractivity contribution in [1.82, 2.24) is 4.72 Å². The van der Waals surface area contributed by atoms with Crippen molar-refractivity contribution in [3.63, 3.8) is 0 Å². The van der Waals surface area contributed by atoms with Crippen molar-refractivity contribution in [2.45, 2.75) is 38.5 Å². The third kappa shape index (κ3) is 4.82. The SMILES string of the molecule is C[C@@H](CS(C)=S)NS(=O)(=O)C(C)(C)C. The van der Waals surface area contributed by atoms with E-state index >= 15 is 0 Å². The zero-order valence-corrected chi connectivity index (χ0v) is 11.8. The molecule has 0 saturated carbocycles. The minimum absolute atomic E-state index is 0.0786. The van der Waals surface area contributed by atoms with Crippen LogP contribution in [0.1, 0.15) is 27.7 Å². The predicted octanol–water partition coefficient (Wildman–Crippen LogP) is 0.803. The molecular formula is C8H19NO2S3. The first kappa shape index (κ1) is 14.5. The van der Waals surface area contributed by atoms with Crippen LogP contribution >= 0.6 is 0 Å². The Bertz CT molecular complexity index is 303. The molecule has 6 heteroatoms. The standard InChI is InChI=1S/C8H19NO2S3/c1-7(6-13(5)12)9-14(10,11)8(2,3)4/h7,9H,6H2,1-5H3/t7-,13?/m0/s1. The maximum absolute atomic E-state index is 11.7. The van der Waals surface area contributed by atoms with Gasteiger partial charge in [-0.25, -0.2) is 13.1 Å². The summed E-state index contributed by atoms with van der Waals surface area (Å²) in [4.78, 5) is 0. The van der Waals surface area contributed by atoms with Gasteiger partial charge in [0, 0.05) is 11.8 Å². The van der Waals surface area contributed by atoms with E-state index in [9.17, 15) is 8.42 Å². The molecule has 0 aliphatic carbocycles. The van der Waals surface area contributed by atoms with Crippen molar-refractivity contribution < 1.29 is 8.42 Å². The van der Waals surface area contributed by atoms with Gasteiger partial charge in [-0.15, -0.1) is 9.45 Å². The molecule has 1 unspecified atom stereocenters. The maximum atomic E-state index is 11.7. The lowest BCUT2D eigenvalue weighted by Gasteiger charge is -2.23. The van der Waals surface area contributed by atoms with Gasteiger partial charge in [-0.1, -0.05) is 11.2 Å². The molecule has 0 saturated heterocycles. The highest BCUT2D eigenvalue weighted by atomic mass is 32.8. The Morgan fingerprint density at radius 3 is 2.14 bits per heavy atom. The zero-order chi connectivity index (χ0) is 11.6. The molecule has 0 fully saturated rings. The Kier molecular flexibility index (Phi) is 5.18. The third-order valence-electron chi connectivity index (χ3n) is 1.65. The maximum Gasteiger partial charge on any atom is 0.216 e. The molecule has 0 aromatic rings. The van der Waals surface area contributed by atoms with Gasteiger partial charge in [-0.2, -0.15) is 0 Å². The highest BCUT2D eigenvalue weighted by molar-refractivity contribution is 8.28. The molecule has 0 aromatic carbocycles. The summed E-state index contributed by atoms with van der Waals surface area (Å²) in [5, 5.41) is 0. The zero-order valence-electron chi connectivity index (χ0n) is 9.33. The molecule has 3 nitrogen and oxygen atoms in total. The predicted molar refractivity (Wildman–Crippen MR) is 66.8 cm³/mol. The highest BCUT2D eigenvalue weighted by Gasteiger charge is 2.29. The Labute approximate surface area is 94.3 Å². The molecule has 0 spiro atoms. The van der Waals surface area contributed by atoms with E-state index in [1.54, 1.807) is 20.8 Å². The minimum atomic E-state index is -3.23. The summed E-state index contributed by atoms with van der Waals surface area (Å²) in [6, 6.07) is -0.0786. The van der Waals surface area contributed by atoms with Crippen molar-refractivity contribution in [1.29, 1.82) is 0 Å². The van der Waals surface area contributed by atoms with Crippen LogP contribution < -0.4 is 4.72 Å². The van der Waals surface area contributed by atoms with E-state index in [0.29, 0.717) is 5.75 Å². The summed E-state index contributed by atoms with van der Waals surface area (Å²) in [6.07, 6.45) is 1.93. The van der Waals surface area contributed by atoms with Crippen molar-refractivity contribution in [3.05, 3.63) is 0 Å². The van der Waals surface area contributed by atoms with Gasteiger partial charge in [0.1, 0.15) is 0 Å². The summed E-state index contributed by atoms with van der Waals surface area (Å²) in [6.45, 7) is 6.89. The van der Waals surface area contributed by atoms with Crippen LogP contribution in [-0.2, 0) is 30.7 Å². The number of rotatable bonds is 4.